The maximum absolute atomic E-state index is 13.2. The first-order valence-electron chi connectivity index (χ1n) is 4.27. The molecule has 15 heavy (non-hydrogen) atoms. The summed E-state index contributed by atoms with van der Waals surface area (Å²) < 4.78 is 55.2. The van der Waals surface area contributed by atoms with Crippen LogP contribution in [-0.4, -0.2) is 42.5 Å². The van der Waals surface area contributed by atoms with Crippen molar-refractivity contribution in [2.75, 3.05) is 19.0 Å². The lowest BCUT2D eigenvalue weighted by Gasteiger charge is -2.39. The summed E-state index contributed by atoms with van der Waals surface area (Å²) in [6.45, 7) is 3.48. The van der Waals surface area contributed by atoms with E-state index in [1.807, 2.05) is 0 Å². The second kappa shape index (κ2) is 5.51. The summed E-state index contributed by atoms with van der Waals surface area (Å²) in [5, 5.41) is 0. The molecule has 1 N–H and O–H groups in total. The average Bonchev–Trinajstić information content (AvgIpc) is 1.96. The van der Waals surface area contributed by atoms with Gasteiger partial charge in [-0.25, -0.2) is 4.48 Å². The van der Waals surface area contributed by atoms with Crippen LogP contribution < -0.4 is 17.0 Å². The van der Waals surface area contributed by atoms with E-state index in [4.69, 9.17) is 4.55 Å². The number of halogens is 3. The quantitative estimate of drug-likeness (QED) is 0.374. The normalized spacial score (nSPS) is 13.5. The van der Waals surface area contributed by atoms with Crippen LogP contribution in [0.1, 0.15) is 20.8 Å². The minimum atomic E-state index is -4.40. The van der Waals surface area contributed by atoms with Crippen molar-refractivity contribution in [3.05, 3.63) is 0 Å². The van der Waals surface area contributed by atoms with E-state index in [2.05, 4.69) is 0 Å². The van der Waals surface area contributed by atoms with Gasteiger partial charge >= 0.3 is 16.2 Å². The molecule has 0 atom stereocenters. The highest BCUT2D eigenvalue weighted by molar-refractivity contribution is 7.85. The Balaban J connectivity index is 0. The van der Waals surface area contributed by atoms with Gasteiger partial charge in [-0.1, -0.05) is 0 Å². The topological polar surface area (TPSA) is 54.4 Å². The number of hydrogen-bond acceptors (Lipinski definition) is 2. The van der Waals surface area contributed by atoms with Crippen molar-refractivity contribution in [3.63, 3.8) is 0 Å². The average molecular weight is 312 g/mol. The van der Waals surface area contributed by atoms with E-state index in [9.17, 15) is 17.2 Å². The van der Waals surface area contributed by atoms with Crippen molar-refractivity contribution in [2.24, 2.45) is 0 Å². The van der Waals surface area contributed by atoms with Gasteiger partial charge in [-0.2, -0.15) is 8.42 Å². The first-order chi connectivity index (χ1) is 6.08. The number of nitrogens with zero attached hydrogens (tertiary/aromatic N) is 1. The van der Waals surface area contributed by atoms with E-state index in [0.29, 0.717) is 6.92 Å². The summed E-state index contributed by atoms with van der Waals surface area (Å²) in [4.78, 5) is 0. The Kier molecular flexibility index (Phi) is 6.47. The molecule has 0 heterocycles. The Morgan fingerprint density at radius 3 is 1.67 bits per heavy atom. The predicted molar refractivity (Wildman–Crippen MR) is 48.4 cm³/mol. The summed E-state index contributed by atoms with van der Waals surface area (Å²) in [7, 11) is -4.40. The number of rotatable bonds is 5. The molecule has 94 valence electrons. The van der Waals surface area contributed by atoms with Gasteiger partial charge in [0.2, 0.25) is 5.88 Å². The standard InChI is InChI=1S/C7H15F2NO3S.BrH/c1-4-10(5-2,7(3,8)9)6-14(11,12)13;/h4-6H2,1-3H3;1H. The predicted octanol–water partition coefficient (Wildman–Crippen LogP) is -1.69. The first kappa shape index (κ1) is 17.6. The monoisotopic (exact) mass is 311 g/mol. The Morgan fingerprint density at radius 1 is 1.27 bits per heavy atom. The van der Waals surface area contributed by atoms with Crippen molar-refractivity contribution in [1.82, 2.24) is 0 Å². The highest BCUT2D eigenvalue weighted by atomic mass is 79.9. The fraction of sp³-hybridized carbons (Fsp3) is 1.00. The van der Waals surface area contributed by atoms with E-state index in [1.54, 1.807) is 0 Å². The molecule has 0 unspecified atom stereocenters. The van der Waals surface area contributed by atoms with E-state index in [1.165, 1.54) is 13.8 Å². The van der Waals surface area contributed by atoms with Crippen LogP contribution in [0.4, 0.5) is 8.78 Å². The smallest absolute Gasteiger partial charge is 0.388 e. The molecule has 0 fully saturated rings. The SMILES string of the molecule is CC[N+](CC)(CS(=O)(=O)O)C(C)(F)F.[Br-]. The highest BCUT2D eigenvalue weighted by Crippen LogP contribution is 2.28. The number of hydrogen-bond donors (Lipinski definition) is 1. The Morgan fingerprint density at radius 2 is 1.60 bits per heavy atom. The van der Waals surface area contributed by atoms with E-state index >= 15 is 0 Å². The third-order valence-corrected chi connectivity index (χ3v) is 3.27. The molecule has 0 saturated carbocycles. The van der Waals surface area contributed by atoms with Crippen LogP contribution in [0.3, 0.4) is 0 Å². The maximum Gasteiger partial charge on any atom is 0.388 e. The van der Waals surface area contributed by atoms with Gasteiger partial charge in [0.15, 0.2) is 0 Å². The van der Waals surface area contributed by atoms with E-state index < -0.39 is 26.5 Å². The van der Waals surface area contributed by atoms with Crippen LogP contribution in [0.25, 0.3) is 0 Å². The summed E-state index contributed by atoms with van der Waals surface area (Å²) in [6, 6.07) is -3.18. The van der Waals surface area contributed by atoms with Gasteiger partial charge in [-0.15, -0.1) is 8.78 Å². The Bertz CT molecular complexity index is 285. The number of alkyl halides is 2. The molecule has 0 rings (SSSR count). The van der Waals surface area contributed by atoms with Gasteiger partial charge in [0.05, 0.1) is 20.0 Å². The molecule has 0 radical (unpaired) electrons. The zero-order valence-corrected chi connectivity index (χ0v) is 11.3. The lowest BCUT2D eigenvalue weighted by Crippen LogP contribution is -3.00. The Hall–Kier alpha value is 0.210. The second-order valence-corrected chi connectivity index (χ2v) is 4.75. The van der Waals surface area contributed by atoms with Gasteiger partial charge in [-0.05, 0) is 13.8 Å². The molecule has 0 bridgehead atoms. The highest BCUT2D eigenvalue weighted by Gasteiger charge is 2.49. The van der Waals surface area contributed by atoms with Crippen LogP contribution in [-0.2, 0) is 10.1 Å². The van der Waals surface area contributed by atoms with Crippen LogP contribution in [0.5, 0.6) is 0 Å². The molecule has 0 aromatic rings. The fourth-order valence-corrected chi connectivity index (χ4v) is 2.60. The van der Waals surface area contributed by atoms with Crippen molar-refractivity contribution >= 4 is 10.1 Å². The van der Waals surface area contributed by atoms with Gasteiger partial charge in [0.1, 0.15) is 0 Å². The van der Waals surface area contributed by atoms with Gasteiger partial charge in [0, 0.05) is 0 Å². The molecule has 0 aliphatic carbocycles. The van der Waals surface area contributed by atoms with Crippen LogP contribution in [0.15, 0.2) is 0 Å². The zero-order valence-electron chi connectivity index (χ0n) is 8.87. The zero-order chi connectivity index (χ0) is 11.6. The molecule has 4 nitrogen and oxygen atoms in total. The third-order valence-electron chi connectivity index (χ3n) is 2.45. The second-order valence-electron chi connectivity index (χ2n) is 3.33. The van der Waals surface area contributed by atoms with Crippen LogP contribution in [0, 0.1) is 0 Å². The van der Waals surface area contributed by atoms with Gasteiger partial charge < -0.3 is 17.0 Å². The van der Waals surface area contributed by atoms with Gasteiger partial charge in [0.25, 0.3) is 0 Å². The summed E-state index contributed by atoms with van der Waals surface area (Å²) in [5.74, 6) is -0.955. The maximum atomic E-state index is 13.2. The molecule has 0 saturated heterocycles. The molecular weight excluding hydrogens is 296 g/mol. The molecule has 0 aromatic heterocycles. The summed E-state index contributed by atoms with van der Waals surface area (Å²) in [6.07, 6.45) is 0. The van der Waals surface area contributed by atoms with Crippen molar-refractivity contribution < 1.29 is 43.2 Å². The third kappa shape index (κ3) is 4.71. The first-order valence-corrected chi connectivity index (χ1v) is 5.88. The minimum absolute atomic E-state index is 0. The van der Waals surface area contributed by atoms with Crippen LogP contribution in [0.2, 0.25) is 0 Å². The summed E-state index contributed by atoms with van der Waals surface area (Å²) >= 11 is 0. The van der Waals surface area contributed by atoms with Crippen molar-refractivity contribution in [1.29, 1.82) is 0 Å². The minimum Gasteiger partial charge on any atom is -1.00 e. The van der Waals surface area contributed by atoms with E-state index in [-0.39, 0.29) is 30.1 Å². The molecule has 0 amide bonds. The number of quaternary nitrogens is 1. The van der Waals surface area contributed by atoms with E-state index in [0.717, 1.165) is 0 Å². The van der Waals surface area contributed by atoms with Gasteiger partial charge in [-0.3, -0.25) is 4.55 Å². The Labute approximate surface area is 99.4 Å². The molecule has 0 spiro atoms. The summed E-state index contributed by atoms with van der Waals surface area (Å²) in [5.41, 5.74) is 0. The largest absolute Gasteiger partial charge is 1.00 e. The van der Waals surface area contributed by atoms with Crippen LogP contribution >= 0.6 is 0 Å². The fourth-order valence-electron chi connectivity index (χ4n) is 1.39. The van der Waals surface area contributed by atoms with Crippen molar-refractivity contribution in [2.45, 2.75) is 26.8 Å². The molecule has 8 heteroatoms. The lowest BCUT2D eigenvalue weighted by atomic mass is 10.3. The lowest BCUT2D eigenvalue weighted by molar-refractivity contribution is -0.995. The molecule has 0 aliphatic heterocycles. The van der Waals surface area contributed by atoms with Crippen molar-refractivity contribution in [3.8, 4) is 0 Å². The molecular formula is C7H16BrF2NO3S. The molecule has 0 aliphatic rings. The molecule has 0 aromatic carbocycles.